The molecule has 0 bridgehead atoms. The molecule has 1 unspecified atom stereocenters. The number of nitrogens with two attached hydrogens (primary N) is 1. The van der Waals surface area contributed by atoms with Gasteiger partial charge in [-0.05, 0) is 31.5 Å². The number of benzene rings is 1. The highest BCUT2D eigenvalue weighted by Gasteiger charge is 2.15. The highest BCUT2D eigenvalue weighted by molar-refractivity contribution is 9.10. The molecule has 0 radical (unpaired) electrons. The maximum atomic E-state index is 11.9. The van der Waals surface area contributed by atoms with Crippen LogP contribution in [0.2, 0.25) is 0 Å². The summed E-state index contributed by atoms with van der Waals surface area (Å²) in [4.78, 5) is 11.9. The van der Waals surface area contributed by atoms with Crippen molar-refractivity contribution in [2.75, 3.05) is 0 Å². The van der Waals surface area contributed by atoms with Gasteiger partial charge in [0.15, 0.2) is 5.84 Å². The Morgan fingerprint density at radius 3 is 2.82 bits per heavy atom. The predicted octanol–water partition coefficient (Wildman–Crippen LogP) is 1.62. The number of hydrogen-bond acceptors (Lipinski definition) is 3. The number of rotatable bonds is 3. The molecule has 0 aliphatic carbocycles. The van der Waals surface area contributed by atoms with Gasteiger partial charge in [0.1, 0.15) is 0 Å². The van der Waals surface area contributed by atoms with Crippen LogP contribution in [0.1, 0.15) is 22.8 Å². The number of halogens is 1. The van der Waals surface area contributed by atoms with Crippen molar-refractivity contribution in [1.29, 1.82) is 0 Å². The van der Waals surface area contributed by atoms with E-state index in [0.717, 1.165) is 10.0 Å². The van der Waals surface area contributed by atoms with Gasteiger partial charge in [-0.3, -0.25) is 4.79 Å². The van der Waals surface area contributed by atoms with E-state index in [9.17, 15) is 4.79 Å². The molecule has 1 rings (SSSR count). The molecule has 0 saturated carbocycles. The third kappa shape index (κ3) is 3.20. The maximum absolute atomic E-state index is 11.9. The van der Waals surface area contributed by atoms with Crippen LogP contribution in [0.5, 0.6) is 0 Å². The Morgan fingerprint density at radius 2 is 2.24 bits per heavy atom. The molecule has 92 valence electrons. The van der Waals surface area contributed by atoms with Crippen LogP contribution in [0.25, 0.3) is 0 Å². The molecule has 0 saturated heterocycles. The highest BCUT2D eigenvalue weighted by Crippen LogP contribution is 2.19. The lowest BCUT2D eigenvalue weighted by molar-refractivity contribution is 0.0948. The summed E-state index contributed by atoms with van der Waals surface area (Å²) >= 11 is 3.35. The number of hydrogen-bond donors (Lipinski definition) is 3. The first kappa shape index (κ1) is 13.5. The minimum Gasteiger partial charge on any atom is -0.409 e. The van der Waals surface area contributed by atoms with E-state index in [1.54, 1.807) is 19.1 Å². The summed E-state index contributed by atoms with van der Waals surface area (Å²) in [6, 6.07) is 4.83. The van der Waals surface area contributed by atoms with E-state index in [0.29, 0.717) is 5.56 Å². The maximum Gasteiger partial charge on any atom is 0.252 e. The number of amides is 1. The lowest BCUT2D eigenvalue weighted by Crippen LogP contribution is -2.42. The molecule has 1 atom stereocenters. The molecule has 1 aromatic carbocycles. The van der Waals surface area contributed by atoms with E-state index in [-0.39, 0.29) is 11.7 Å². The van der Waals surface area contributed by atoms with Gasteiger partial charge >= 0.3 is 0 Å². The Balaban J connectivity index is 2.88. The molecule has 17 heavy (non-hydrogen) atoms. The summed E-state index contributed by atoms with van der Waals surface area (Å²) in [7, 11) is 0. The molecule has 5 nitrogen and oxygen atoms in total. The smallest absolute Gasteiger partial charge is 0.252 e. The minimum absolute atomic E-state index is 0.0361. The average Bonchev–Trinajstić information content (AvgIpc) is 2.31. The normalized spacial score (nSPS) is 13.2. The van der Waals surface area contributed by atoms with E-state index in [2.05, 4.69) is 26.4 Å². The summed E-state index contributed by atoms with van der Waals surface area (Å²) < 4.78 is 0.863. The van der Waals surface area contributed by atoms with Crippen molar-refractivity contribution in [3.8, 4) is 0 Å². The van der Waals surface area contributed by atoms with E-state index in [1.165, 1.54) is 0 Å². The topological polar surface area (TPSA) is 87.7 Å². The summed E-state index contributed by atoms with van der Waals surface area (Å²) in [5.41, 5.74) is 6.78. The summed E-state index contributed by atoms with van der Waals surface area (Å²) in [5.74, 6) is -0.297. The van der Waals surface area contributed by atoms with Crippen LogP contribution in [-0.2, 0) is 0 Å². The van der Waals surface area contributed by atoms with Crippen LogP contribution in [0.3, 0.4) is 0 Å². The number of nitrogens with zero attached hydrogens (tertiary/aromatic N) is 1. The Bertz CT molecular complexity index is 460. The van der Waals surface area contributed by atoms with Crippen molar-refractivity contribution < 1.29 is 10.0 Å². The monoisotopic (exact) mass is 299 g/mol. The molecule has 0 fully saturated rings. The van der Waals surface area contributed by atoms with Gasteiger partial charge < -0.3 is 16.3 Å². The Morgan fingerprint density at radius 1 is 1.59 bits per heavy atom. The largest absolute Gasteiger partial charge is 0.409 e. The number of carbonyl (C=O) groups excluding carboxylic acids is 1. The molecule has 0 spiro atoms. The van der Waals surface area contributed by atoms with Crippen LogP contribution in [0, 0.1) is 6.92 Å². The van der Waals surface area contributed by atoms with Gasteiger partial charge in [-0.15, -0.1) is 0 Å². The molecule has 6 heteroatoms. The first-order valence-electron chi connectivity index (χ1n) is 5.00. The van der Waals surface area contributed by atoms with Crippen LogP contribution in [-0.4, -0.2) is 23.0 Å². The van der Waals surface area contributed by atoms with Crippen molar-refractivity contribution in [1.82, 2.24) is 5.32 Å². The number of amidine groups is 1. The van der Waals surface area contributed by atoms with Crippen LogP contribution in [0.4, 0.5) is 0 Å². The van der Waals surface area contributed by atoms with Gasteiger partial charge in [0, 0.05) is 10.0 Å². The fourth-order valence-electron chi connectivity index (χ4n) is 1.29. The Hall–Kier alpha value is -1.56. The first-order chi connectivity index (χ1) is 7.97. The number of nitrogens with one attached hydrogen (secondary N) is 1. The van der Waals surface area contributed by atoms with Gasteiger partial charge in [-0.1, -0.05) is 27.2 Å². The predicted molar refractivity (Wildman–Crippen MR) is 69.2 cm³/mol. The number of carbonyl (C=O) groups is 1. The highest BCUT2D eigenvalue weighted by atomic mass is 79.9. The molecular weight excluding hydrogens is 286 g/mol. The quantitative estimate of drug-likeness (QED) is 0.343. The summed E-state index contributed by atoms with van der Waals surface area (Å²) in [6.45, 7) is 3.48. The molecule has 1 amide bonds. The van der Waals surface area contributed by atoms with Gasteiger partial charge in [-0.2, -0.15) is 0 Å². The lowest BCUT2D eigenvalue weighted by Gasteiger charge is -2.13. The fourth-order valence-corrected chi connectivity index (χ4v) is 1.65. The molecule has 4 N–H and O–H groups in total. The van der Waals surface area contributed by atoms with Crippen molar-refractivity contribution in [3.05, 3.63) is 33.8 Å². The van der Waals surface area contributed by atoms with Crippen molar-refractivity contribution >= 4 is 27.7 Å². The number of oxime groups is 1. The zero-order valence-electron chi connectivity index (χ0n) is 9.57. The second-order valence-electron chi connectivity index (χ2n) is 3.63. The zero-order chi connectivity index (χ0) is 13.0. The van der Waals surface area contributed by atoms with Crippen molar-refractivity contribution in [2.45, 2.75) is 19.9 Å². The lowest BCUT2D eigenvalue weighted by atomic mass is 10.1. The average molecular weight is 300 g/mol. The Kier molecular flexibility index (Phi) is 4.51. The minimum atomic E-state index is -0.522. The van der Waals surface area contributed by atoms with Gasteiger partial charge in [0.2, 0.25) is 0 Å². The van der Waals surface area contributed by atoms with Gasteiger partial charge in [0.05, 0.1) is 6.04 Å². The summed E-state index contributed by atoms with van der Waals surface area (Å²) in [6.07, 6.45) is 0. The van der Waals surface area contributed by atoms with E-state index in [1.807, 2.05) is 13.0 Å². The second-order valence-corrected chi connectivity index (χ2v) is 4.49. The Labute approximate surface area is 108 Å². The van der Waals surface area contributed by atoms with Gasteiger partial charge in [0.25, 0.3) is 5.91 Å². The van der Waals surface area contributed by atoms with Crippen molar-refractivity contribution in [2.24, 2.45) is 10.9 Å². The third-order valence-corrected chi connectivity index (χ3v) is 3.28. The van der Waals surface area contributed by atoms with Gasteiger partial charge in [-0.25, -0.2) is 0 Å². The van der Waals surface area contributed by atoms with E-state index in [4.69, 9.17) is 10.9 Å². The van der Waals surface area contributed by atoms with Crippen LogP contribution < -0.4 is 11.1 Å². The molecular formula is C11H14BrN3O2. The molecule has 0 aliphatic rings. The first-order valence-corrected chi connectivity index (χ1v) is 5.80. The molecule has 1 aromatic rings. The van der Waals surface area contributed by atoms with Crippen LogP contribution >= 0.6 is 15.9 Å². The van der Waals surface area contributed by atoms with Crippen LogP contribution in [0.15, 0.2) is 27.8 Å². The second kappa shape index (κ2) is 5.67. The fraction of sp³-hybridized carbons (Fsp3) is 0.273. The molecule has 0 aliphatic heterocycles. The van der Waals surface area contributed by atoms with E-state index >= 15 is 0 Å². The third-order valence-electron chi connectivity index (χ3n) is 2.42. The van der Waals surface area contributed by atoms with Crippen molar-refractivity contribution in [3.63, 3.8) is 0 Å². The molecule has 0 aromatic heterocycles. The summed E-state index contributed by atoms with van der Waals surface area (Å²) in [5, 5.41) is 14.0. The SMILES string of the molecule is Cc1c(Br)cccc1C(=O)NC(C)C(N)=NO. The standard InChI is InChI=1S/C11H14BrN3O2/c1-6-8(4-3-5-9(6)12)11(16)14-7(2)10(13)15-17/h3-5,7,17H,1-2H3,(H2,13,15)(H,14,16). The zero-order valence-corrected chi connectivity index (χ0v) is 11.2. The van der Waals surface area contributed by atoms with E-state index < -0.39 is 6.04 Å². The molecule has 0 heterocycles.